The molecular formula is C11H17NO. The summed E-state index contributed by atoms with van der Waals surface area (Å²) < 4.78 is 0. The summed E-state index contributed by atoms with van der Waals surface area (Å²) in [5.41, 5.74) is 1.28. The summed E-state index contributed by atoms with van der Waals surface area (Å²) in [6, 6.07) is 10.2. The molecule has 0 aromatic heterocycles. The zero-order chi connectivity index (χ0) is 9.68. The predicted molar refractivity (Wildman–Crippen MR) is 54.5 cm³/mol. The van der Waals surface area contributed by atoms with Crippen LogP contribution in [0.4, 0.5) is 0 Å². The van der Waals surface area contributed by atoms with Gasteiger partial charge in [-0.3, -0.25) is 4.90 Å². The van der Waals surface area contributed by atoms with Crippen LogP contribution in [0.5, 0.6) is 0 Å². The largest absolute Gasteiger partial charge is 0.378 e. The van der Waals surface area contributed by atoms with Crippen LogP contribution in [0.15, 0.2) is 30.3 Å². The van der Waals surface area contributed by atoms with Gasteiger partial charge in [-0.25, -0.2) is 0 Å². The van der Waals surface area contributed by atoms with Crippen molar-refractivity contribution in [2.45, 2.75) is 19.1 Å². The number of rotatable bonds is 4. The third kappa shape index (κ3) is 3.57. The molecule has 0 saturated carbocycles. The van der Waals surface area contributed by atoms with Crippen molar-refractivity contribution in [3.05, 3.63) is 35.9 Å². The summed E-state index contributed by atoms with van der Waals surface area (Å²) in [7, 11) is 3.77. The molecule has 0 amide bonds. The Morgan fingerprint density at radius 2 is 1.85 bits per heavy atom. The first-order valence-corrected chi connectivity index (χ1v) is 4.58. The highest BCUT2D eigenvalue weighted by atomic mass is 16.3. The number of nitrogens with zero attached hydrogens (tertiary/aromatic N) is 1. The Bertz CT molecular complexity index is 233. The Hall–Kier alpha value is -0.860. The lowest BCUT2D eigenvalue weighted by Crippen LogP contribution is -2.27. The normalized spacial score (nSPS) is 13.2. The Balaban J connectivity index is 2.35. The van der Waals surface area contributed by atoms with Crippen LogP contribution < -0.4 is 0 Å². The molecule has 72 valence electrons. The SMILES string of the molecule is CN(C)[C@H](O)CCc1ccccc1. The average Bonchev–Trinajstić information content (AvgIpc) is 2.15. The number of aliphatic hydroxyl groups excluding tert-OH is 1. The number of benzene rings is 1. The summed E-state index contributed by atoms with van der Waals surface area (Å²) >= 11 is 0. The standard InChI is InChI=1S/C11H17NO/c1-12(2)11(13)9-8-10-6-4-3-5-7-10/h3-7,11,13H,8-9H2,1-2H3/t11-/m1/s1. The first-order chi connectivity index (χ1) is 6.20. The molecule has 0 fully saturated rings. The average molecular weight is 179 g/mol. The van der Waals surface area contributed by atoms with Crippen molar-refractivity contribution in [3.8, 4) is 0 Å². The molecule has 2 nitrogen and oxygen atoms in total. The lowest BCUT2D eigenvalue weighted by atomic mass is 10.1. The zero-order valence-corrected chi connectivity index (χ0v) is 8.27. The number of aryl methyl sites for hydroxylation is 1. The summed E-state index contributed by atoms with van der Waals surface area (Å²) in [6.45, 7) is 0. The number of aliphatic hydroxyl groups is 1. The fourth-order valence-corrected chi connectivity index (χ4v) is 1.20. The molecule has 0 aliphatic rings. The Labute approximate surface area is 79.8 Å². The van der Waals surface area contributed by atoms with Crippen LogP contribution >= 0.6 is 0 Å². The van der Waals surface area contributed by atoms with E-state index in [1.165, 1.54) is 5.56 Å². The van der Waals surface area contributed by atoms with Gasteiger partial charge in [0.05, 0.1) is 0 Å². The van der Waals surface area contributed by atoms with Crippen LogP contribution in [0.3, 0.4) is 0 Å². The van der Waals surface area contributed by atoms with Gasteiger partial charge in [-0.1, -0.05) is 30.3 Å². The van der Waals surface area contributed by atoms with Gasteiger partial charge in [-0.2, -0.15) is 0 Å². The molecule has 2 heteroatoms. The zero-order valence-electron chi connectivity index (χ0n) is 8.27. The van der Waals surface area contributed by atoms with Crippen molar-refractivity contribution < 1.29 is 5.11 Å². The van der Waals surface area contributed by atoms with E-state index in [-0.39, 0.29) is 6.23 Å². The van der Waals surface area contributed by atoms with Gasteiger partial charge in [0.25, 0.3) is 0 Å². The van der Waals surface area contributed by atoms with E-state index in [0.717, 1.165) is 12.8 Å². The second-order valence-electron chi connectivity index (χ2n) is 3.47. The number of hydrogen-bond donors (Lipinski definition) is 1. The topological polar surface area (TPSA) is 23.5 Å². The molecule has 1 aromatic rings. The molecule has 1 atom stereocenters. The summed E-state index contributed by atoms with van der Waals surface area (Å²) in [5, 5.41) is 9.51. The fourth-order valence-electron chi connectivity index (χ4n) is 1.20. The van der Waals surface area contributed by atoms with Crippen LogP contribution in [0, 0.1) is 0 Å². The van der Waals surface area contributed by atoms with Crippen LogP contribution in [0.25, 0.3) is 0 Å². The quantitative estimate of drug-likeness (QED) is 0.708. The van der Waals surface area contributed by atoms with E-state index in [1.807, 2.05) is 37.2 Å². The van der Waals surface area contributed by atoms with Crippen LogP contribution in [0.1, 0.15) is 12.0 Å². The van der Waals surface area contributed by atoms with Gasteiger partial charge in [0.2, 0.25) is 0 Å². The molecule has 0 heterocycles. The summed E-state index contributed by atoms with van der Waals surface area (Å²) in [5.74, 6) is 0. The molecule has 0 bridgehead atoms. The minimum atomic E-state index is -0.333. The van der Waals surface area contributed by atoms with E-state index < -0.39 is 0 Å². The van der Waals surface area contributed by atoms with E-state index in [9.17, 15) is 5.11 Å². The van der Waals surface area contributed by atoms with E-state index in [2.05, 4.69) is 12.1 Å². The molecule has 13 heavy (non-hydrogen) atoms. The van der Waals surface area contributed by atoms with Gasteiger partial charge in [-0.05, 0) is 32.5 Å². The van der Waals surface area contributed by atoms with Gasteiger partial charge >= 0.3 is 0 Å². The third-order valence-electron chi connectivity index (χ3n) is 2.13. The lowest BCUT2D eigenvalue weighted by molar-refractivity contribution is 0.0338. The summed E-state index contributed by atoms with van der Waals surface area (Å²) in [4.78, 5) is 1.82. The fraction of sp³-hybridized carbons (Fsp3) is 0.455. The Kier molecular flexibility index (Phi) is 3.93. The first-order valence-electron chi connectivity index (χ1n) is 4.58. The highest BCUT2D eigenvalue weighted by Gasteiger charge is 2.05. The second-order valence-corrected chi connectivity index (χ2v) is 3.47. The minimum absolute atomic E-state index is 0.333. The van der Waals surface area contributed by atoms with Crippen LogP contribution in [0.2, 0.25) is 0 Å². The van der Waals surface area contributed by atoms with Crippen molar-refractivity contribution >= 4 is 0 Å². The summed E-state index contributed by atoms with van der Waals surface area (Å²) in [6.07, 6.45) is 1.39. The van der Waals surface area contributed by atoms with Gasteiger partial charge in [0, 0.05) is 0 Å². The molecule has 0 saturated heterocycles. The van der Waals surface area contributed by atoms with Crippen molar-refractivity contribution in [2.75, 3.05) is 14.1 Å². The van der Waals surface area contributed by atoms with E-state index in [4.69, 9.17) is 0 Å². The maximum atomic E-state index is 9.51. The van der Waals surface area contributed by atoms with Gasteiger partial charge in [-0.15, -0.1) is 0 Å². The van der Waals surface area contributed by atoms with Gasteiger partial charge < -0.3 is 5.11 Å². The van der Waals surface area contributed by atoms with Crippen molar-refractivity contribution in [1.29, 1.82) is 0 Å². The molecule has 0 radical (unpaired) electrons. The van der Waals surface area contributed by atoms with E-state index >= 15 is 0 Å². The molecule has 0 unspecified atom stereocenters. The predicted octanol–water partition coefficient (Wildman–Crippen LogP) is 1.50. The highest BCUT2D eigenvalue weighted by Crippen LogP contribution is 2.05. The molecule has 0 aliphatic heterocycles. The molecule has 0 spiro atoms. The van der Waals surface area contributed by atoms with Gasteiger partial charge in [0.1, 0.15) is 6.23 Å². The molecule has 1 rings (SSSR count). The molecule has 1 aromatic carbocycles. The maximum Gasteiger partial charge on any atom is 0.107 e. The van der Waals surface area contributed by atoms with Gasteiger partial charge in [0.15, 0.2) is 0 Å². The molecule has 0 aliphatic carbocycles. The lowest BCUT2D eigenvalue weighted by Gasteiger charge is -2.17. The smallest absolute Gasteiger partial charge is 0.107 e. The van der Waals surface area contributed by atoms with Crippen molar-refractivity contribution in [3.63, 3.8) is 0 Å². The van der Waals surface area contributed by atoms with Crippen LogP contribution in [-0.2, 0) is 6.42 Å². The van der Waals surface area contributed by atoms with Crippen molar-refractivity contribution in [2.24, 2.45) is 0 Å². The molecular weight excluding hydrogens is 162 g/mol. The minimum Gasteiger partial charge on any atom is -0.378 e. The molecule has 1 N–H and O–H groups in total. The first kappa shape index (κ1) is 10.2. The monoisotopic (exact) mass is 179 g/mol. The van der Waals surface area contributed by atoms with E-state index in [0.29, 0.717) is 0 Å². The Morgan fingerprint density at radius 1 is 1.23 bits per heavy atom. The number of hydrogen-bond acceptors (Lipinski definition) is 2. The van der Waals surface area contributed by atoms with Crippen LogP contribution in [-0.4, -0.2) is 30.3 Å². The third-order valence-corrected chi connectivity index (χ3v) is 2.13. The Morgan fingerprint density at radius 3 is 2.38 bits per heavy atom. The van der Waals surface area contributed by atoms with Crippen molar-refractivity contribution in [1.82, 2.24) is 4.90 Å². The highest BCUT2D eigenvalue weighted by molar-refractivity contribution is 5.14. The second kappa shape index (κ2) is 5.00. The van der Waals surface area contributed by atoms with E-state index in [1.54, 1.807) is 0 Å². The maximum absolute atomic E-state index is 9.51.